The summed E-state index contributed by atoms with van der Waals surface area (Å²) in [7, 11) is 1.61. The van der Waals surface area contributed by atoms with Crippen LogP contribution in [-0.2, 0) is 4.79 Å². The summed E-state index contributed by atoms with van der Waals surface area (Å²) in [5.41, 5.74) is 4.25. The van der Waals surface area contributed by atoms with E-state index >= 15 is 0 Å². The third-order valence-corrected chi connectivity index (χ3v) is 4.40. The molecule has 0 saturated heterocycles. The highest BCUT2D eigenvalue weighted by Crippen LogP contribution is 2.24. The molecule has 0 unspecified atom stereocenters. The first-order valence-electron chi connectivity index (χ1n) is 8.04. The normalized spacial score (nSPS) is 10.8. The van der Waals surface area contributed by atoms with Gasteiger partial charge >= 0.3 is 0 Å². The Labute approximate surface area is 160 Å². The van der Waals surface area contributed by atoms with Crippen LogP contribution in [0.25, 0.3) is 10.8 Å². The van der Waals surface area contributed by atoms with Crippen molar-refractivity contribution in [1.29, 1.82) is 0 Å². The SMILES string of the molecule is COc1ccc(/C=N/NC(=O)CNc2ccc3ccccc3c2)cc1Br. The van der Waals surface area contributed by atoms with Crippen LogP contribution in [-0.4, -0.2) is 25.8 Å². The second kappa shape index (κ2) is 8.49. The Kier molecular flexibility index (Phi) is 5.86. The smallest absolute Gasteiger partial charge is 0.259 e. The molecule has 0 aliphatic heterocycles. The Morgan fingerprint density at radius 3 is 2.69 bits per heavy atom. The number of anilines is 1. The molecule has 0 aliphatic rings. The molecule has 0 bridgehead atoms. The minimum absolute atomic E-state index is 0.141. The number of hydrogen-bond donors (Lipinski definition) is 2. The van der Waals surface area contributed by atoms with Crippen molar-refractivity contribution < 1.29 is 9.53 Å². The van der Waals surface area contributed by atoms with E-state index in [1.807, 2.05) is 54.6 Å². The highest BCUT2D eigenvalue weighted by Gasteiger charge is 2.02. The summed E-state index contributed by atoms with van der Waals surface area (Å²) < 4.78 is 6.00. The number of nitrogens with one attached hydrogen (secondary N) is 2. The molecule has 2 N–H and O–H groups in total. The average molecular weight is 412 g/mol. The zero-order valence-electron chi connectivity index (χ0n) is 14.2. The largest absolute Gasteiger partial charge is 0.496 e. The fourth-order valence-corrected chi connectivity index (χ4v) is 3.02. The third-order valence-electron chi connectivity index (χ3n) is 3.78. The van der Waals surface area contributed by atoms with Gasteiger partial charge in [-0.3, -0.25) is 4.79 Å². The van der Waals surface area contributed by atoms with Crippen LogP contribution in [0, 0.1) is 0 Å². The molecule has 0 spiro atoms. The lowest BCUT2D eigenvalue weighted by Crippen LogP contribution is -2.25. The highest BCUT2D eigenvalue weighted by atomic mass is 79.9. The van der Waals surface area contributed by atoms with E-state index in [0.29, 0.717) is 0 Å². The van der Waals surface area contributed by atoms with E-state index in [1.54, 1.807) is 13.3 Å². The summed E-state index contributed by atoms with van der Waals surface area (Å²) in [5, 5.41) is 9.36. The molecular formula is C20H18BrN3O2. The third kappa shape index (κ3) is 4.61. The quantitative estimate of drug-likeness (QED) is 0.472. The Bertz CT molecular complexity index is 957. The Morgan fingerprint density at radius 1 is 1.12 bits per heavy atom. The number of hydrogen-bond acceptors (Lipinski definition) is 4. The molecule has 6 heteroatoms. The number of benzene rings is 3. The molecule has 3 aromatic carbocycles. The molecule has 1 amide bonds. The highest BCUT2D eigenvalue weighted by molar-refractivity contribution is 9.10. The van der Waals surface area contributed by atoms with Gasteiger partial charge in [0, 0.05) is 5.69 Å². The van der Waals surface area contributed by atoms with Crippen LogP contribution >= 0.6 is 15.9 Å². The predicted molar refractivity (Wildman–Crippen MR) is 109 cm³/mol. The zero-order chi connectivity index (χ0) is 18.4. The van der Waals surface area contributed by atoms with Crippen molar-refractivity contribution in [3.05, 3.63) is 70.7 Å². The van der Waals surface area contributed by atoms with Gasteiger partial charge in [-0.1, -0.05) is 30.3 Å². The van der Waals surface area contributed by atoms with E-state index in [1.165, 1.54) is 0 Å². The lowest BCUT2D eigenvalue weighted by molar-refractivity contribution is -0.119. The molecule has 132 valence electrons. The molecule has 26 heavy (non-hydrogen) atoms. The van der Waals surface area contributed by atoms with E-state index < -0.39 is 0 Å². The maximum absolute atomic E-state index is 11.9. The van der Waals surface area contributed by atoms with Crippen LogP contribution in [0.3, 0.4) is 0 Å². The van der Waals surface area contributed by atoms with Crippen molar-refractivity contribution in [3.8, 4) is 5.75 Å². The molecular weight excluding hydrogens is 394 g/mol. The van der Waals surface area contributed by atoms with E-state index in [9.17, 15) is 4.79 Å². The summed E-state index contributed by atoms with van der Waals surface area (Å²) in [5.74, 6) is 0.521. The van der Waals surface area contributed by atoms with Crippen LogP contribution in [0.15, 0.2) is 70.2 Å². The van der Waals surface area contributed by atoms with Gasteiger partial charge in [0.25, 0.3) is 5.91 Å². The van der Waals surface area contributed by atoms with Crippen molar-refractivity contribution in [2.45, 2.75) is 0 Å². The lowest BCUT2D eigenvalue weighted by atomic mass is 10.1. The lowest BCUT2D eigenvalue weighted by Gasteiger charge is -2.07. The van der Waals surface area contributed by atoms with Crippen molar-refractivity contribution in [1.82, 2.24) is 5.43 Å². The molecule has 3 rings (SSSR count). The van der Waals surface area contributed by atoms with E-state index in [-0.39, 0.29) is 12.5 Å². The fourth-order valence-electron chi connectivity index (χ4n) is 2.46. The number of carbonyl (C=O) groups excluding carboxylic acids is 1. The first-order valence-corrected chi connectivity index (χ1v) is 8.83. The number of nitrogens with zero attached hydrogens (tertiary/aromatic N) is 1. The van der Waals surface area contributed by atoms with Gasteiger partial charge in [0.1, 0.15) is 5.75 Å². The van der Waals surface area contributed by atoms with Gasteiger partial charge in [0.15, 0.2) is 0 Å². The molecule has 0 atom stereocenters. The first kappa shape index (κ1) is 17.9. The summed E-state index contributed by atoms with van der Waals surface area (Å²) >= 11 is 3.41. The minimum atomic E-state index is -0.220. The van der Waals surface area contributed by atoms with Gasteiger partial charge in [-0.2, -0.15) is 5.10 Å². The summed E-state index contributed by atoms with van der Waals surface area (Å²) in [6.45, 7) is 0.141. The fraction of sp³-hybridized carbons (Fsp3) is 0.100. The van der Waals surface area contributed by atoms with Crippen LogP contribution < -0.4 is 15.5 Å². The molecule has 5 nitrogen and oxygen atoms in total. The van der Waals surface area contributed by atoms with Crippen molar-refractivity contribution in [3.63, 3.8) is 0 Å². The number of halogens is 1. The van der Waals surface area contributed by atoms with Crippen LogP contribution in [0.5, 0.6) is 5.75 Å². The van der Waals surface area contributed by atoms with E-state index in [2.05, 4.69) is 37.8 Å². The van der Waals surface area contributed by atoms with Gasteiger partial charge < -0.3 is 10.1 Å². The Morgan fingerprint density at radius 2 is 1.92 bits per heavy atom. The summed E-state index contributed by atoms with van der Waals surface area (Å²) in [6.07, 6.45) is 1.58. The first-order chi connectivity index (χ1) is 12.7. The maximum Gasteiger partial charge on any atom is 0.259 e. The van der Waals surface area contributed by atoms with Crippen LogP contribution in [0.4, 0.5) is 5.69 Å². The van der Waals surface area contributed by atoms with Crippen LogP contribution in [0.2, 0.25) is 0 Å². The number of carbonyl (C=O) groups is 1. The van der Waals surface area contributed by atoms with Crippen molar-refractivity contribution in [2.24, 2.45) is 5.10 Å². The summed E-state index contributed by atoms with van der Waals surface area (Å²) in [6, 6.07) is 19.6. The predicted octanol–water partition coefficient (Wildman–Crippen LogP) is 4.17. The Hall–Kier alpha value is -2.86. The van der Waals surface area contributed by atoms with Crippen LogP contribution in [0.1, 0.15) is 5.56 Å². The minimum Gasteiger partial charge on any atom is -0.496 e. The Balaban J connectivity index is 1.52. The molecule has 0 fully saturated rings. The molecule has 0 aromatic heterocycles. The monoisotopic (exact) mass is 411 g/mol. The zero-order valence-corrected chi connectivity index (χ0v) is 15.8. The molecule has 3 aromatic rings. The van der Waals surface area contributed by atoms with Crippen molar-refractivity contribution >= 4 is 44.5 Å². The molecule has 0 radical (unpaired) electrons. The second-order valence-electron chi connectivity index (χ2n) is 5.60. The van der Waals surface area contributed by atoms with Gasteiger partial charge in [-0.15, -0.1) is 0 Å². The van der Waals surface area contributed by atoms with Gasteiger partial charge in [0.2, 0.25) is 0 Å². The van der Waals surface area contributed by atoms with Gasteiger partial charge in [-0.25, -0.2) is 5.43 Å². The number of methoxy groups -OCH3 is 1. The standard InChI is InChI=1S/C20H18BrN3O2/c1-26-19-9-6-14(10-18(19)21)12-23-24-20(25)13-22-17-8-7-15-4-2-3-5-16(15)11-17/h2-12,22H,13H2,1H3,(H,24,25)/b23-12+. The topological polar surface area (TPSA) is 62.7 Å². The number of rotatable bonds is 6. The second-order valence-corrected chi connectivity index (χ2v) is 6.46. The van der Waals surface area contributed by atoms with Gasteiger partial charge in [-0.05, 0) is 62.6 Å². The maximum atomic E-state index is 11.9. The molecule has 0 saturated carbocycles. The van der Waals surface area contributed by atoms with Gasteiger partial charge in [0.05, 0.1) is 24.3 Å². The number of hydrazone groups is 1. The van der Waals surface area contributed by atoms with E-state index in [0.717, 1.165) is 32.2 Å². The average Bonchev–Trinajstić information content (AvgIpc) is 2.66. The molecule has 0 heterocycles. The van der Waals surface area contributed by atoms with Crippen molar-refractivity contribution in [2.75, 3.05) is 19.0 Å². The summed E-state index contributed by atoms with van der Waals surface area (Å²) in [4.78, 5) is 11.9. The number of amides is 1. The number of ether oxygens (including phenoxy) is 1. The van der Waals surface area contributed by atoms with E-state index in [4.69, 9.17) is 4.74 Å². The molecule has 0 aliphatic carbocycles. The number of fused-ring (bicyclic) bond motifs is 1.